The molecule has 2 unspecified atom stereocenters. The van der Waals surface area contributed by atoms with E-state index in [4.69, 9.17) is 0 Å². The van der Waals surface area contributed by atoms with Crippen LogP contribution in [0.1, 0.15) is 90.6 Å². The molecule has 4 rings (SSSR count). The van der Waals surface area contributed by atoms with Gasteiger partial charge in [-0.2, -0.15) is 31.9 Å². The van der Waals surface area contributed by atoms with Crippen LogP contribution >= 0.6 is 13.5 Å². The molecule has 1 amide bonds. The largest absolute Gasteiger partial charge is 0.481 e. The van der Waals surface area contributed by atoms with Crippen LogP contribution in [0, 0.1) is 43.8 Å². The number of carbonyl (C=O) groups excluding carboxylic acids is 1. The molecule has 1 fully saturated rings. The van der Waals surface area contributed by atoms with Gasteiger partial charge in [0.15, 0.2) is 0 Å². The van der Waals surface area contributed by atoms with Gasteiger partial charge in [0.05, 0.1) is 29.7 Å². The maximum absolute atomic E-state index is 15.8. The molecule has 270 valence electrons. The van der Waals surface area contributed by atoms with Gasteiger partial charge in [-0.3, -0.25) is 14.4 Å². The Morgan fingerprint density at radius 2 is 1.74 bits per heavy atom. The molecule has 13 heteroatoms. The summed E-state index contributed by atoms with van der Waals surface area (Å²) in [6.07, 6.45) is -2.74. The highest BCUT2D eigenvalue weighted by Gasteiger charge is 2.36. The third-order valence-corrected chi connectivity index (χ3v) is 9.43. The summed E-state index contributed by atoms with van der Waals surface area (Å²) in [5, 5.41) is 21.9. The van der Waals surface area contributed by atoms with Crippen molar-refractivity contribution < 1.29 is 32.3 Å². The number of nitrogens with one attached hydrogen (secondary N) is 1. The van der Waals surface area contributed by atoms with E-state index >= 15 is 4.39 Å². The lowest BCUT2D eigenvalue weighted by Gasteiger charge is -2.31. The summed E-state index contributed by atoms with van der Waals surface area (Å²) in [6.45, 7) is 10.7. The van der Waals surface area contributed by atoms with Gasteiger partial charge in [-0.05, 0) is 117 Å². The van der Waals surface area contributed by atoms with Crippen LogP contribution < -0.4 is 10.9 Å². The number of carboxylic acid groups (broad SMARTS) is 1. The number of benzene rings is 2. The molecule has 0 radical (unpaired) electrons. The molecule has 50 heavy (non-hydrogen) atoms. The van der Waals surface area contributed by atoms with E-state index in [1.165, 1.54) is 13.0 Å². The fraction of sp³-hybridized carbons (Fsp3) is 0.459. The minimum atomic E-state index is -4.78. The molecule has 1 aliphatic heterocycles. The minimum absolute atomic E-state index is 0. The second kappa shape index (κ2) is 16.7. The van der Waals surface area contributed by atoms with Crippen LogP contribution in [0.25, 0.3) is 11.1 Å². The van der Waals surface area contributed by atoms with Crippen molar-refractivity contribution in [1.82, 2.24) is 14.8 Å². The molecule has 0 saturated carbocycles. The van der Waals surface area contributed by atoms with Gasteiger partial charge >= 0.3 is 12.1 Å². The van der Waals surface area contributed by atoms with Gasteiger partial charge < -0.3 is 19.9 Å². The van der Waals surface area contributed by atoms with E-state index in [0.717, 1.165) is 35.8 Å². The number of hydrogen-bond donors (Lipinski definition) is 2. The maximum Gasteiger partial charge on any atom is 0.416 e. The van der Waals surface area contributed by atoms with Gasteiger partial charge in [-0.1, -0.05) is 20.3 Å². The van der Waals surface area contributed by atoms with Crippen molar-refractivity contribution in [3.05, 3.63) is 91.6 Å². The fourth-order valence-electron chi connectivity index (χ4n) is 6.21. The number of hydrogen-bond acceptors (Lipinski definition) is 5. The number of nitrogens with zero attached hydrogens (tertiary/aromatic N) is 3. The first kappa shape index (κ1) is 40.3. The third kappa shape index (κ3) is 9.34. The molecule has 0 aliphatic carbocycles. The molecular formula is C37H44F4N4O4S. The number of amides is 1. The van der Waals surface area contributed by atoms with Gasteiger partial charge in [0.2, 0.25) is 5.91 Å². The summed E-state index contributed by atoms with van der Waals surface area (Å²) in [5.74, 6) is -3.00. The van der Waals surface area contributed by atoms with Crippen LogP contribution in [0.2, 0.25) is 0 Å². The van der Waals surface area contributed by atoms with E-state index in [0.29, 0.717) is 41.3 Å². The number of likely N-dealkylation sites (tertiary alicyclic amines) is 1. The first-order valence-corrected chi connectivity index (χ1v) is 16.4. The molecule has 0 bridgehead atoms. The zero-order valence-electron chi connectivity index (χ0n) is 28.9. The van der Waals surface area contributed by atoms with Crippen LogP contribution in [0.3, 0.4) is 0 Å². The molecule has 3 aromatic rings. The lowest BCUT2D eigenvalue weighted by atomic mass is 9.90. The molecule has 8 nitrogen and oxygen atoms in total. The van der Waals surface area contributed by atoms with E-state index in [1.54, 1.807) is 32.0 Å². The summed E-state index contributed by atoms with van der Waals surface area (Å²) >= 11 is 0. The first-order valence-electron chi connectivity index (χ1n) is 16.4. The average molecular weight is 717 g/mol. The third-order valence-electron chi connectivity index (χ3n) is 9.43. The van der Waals surface area contributed by atoms with Crippen molar-refractivity contribution in [2.75, 3.05) is 19.6 Å². The SMILES string of the molecule is CCC(C)CC(C(=O)N[C@@H](CC(=O)O)c1cc(-c2cc(C)c(C#N)cc2C)cc(C)c1F)n1cc(CCN2CCC2)c(C(F)(F)F)cc1=O.S. The standard InChI is InChI=1S/C37H42F4N4O4.H2S/c1-6-21(2)12-32(45-20-25(8-11-44-9-7-10-44)30(17-33(45)46)37(39,40)41)36(49)43-31(18-34(47)48)29-16-26(14-24(5)35(29)38)28-15-22(3)27(19-42)13-23(28)4;/h13-17,20-21,31-32H,6-12,18H2,1-5H3,(H,43,49)(H,47,48);1H2/t21?,31-,32?;/m0./s1. The van der Waals surface area contributed by atoms with Crippen molar-refractivity contribution in [3.8, 4) is 17.2 Å². The number of alkyl halides is 3. The number of aliphatic carboxylic acids is 1. The zero-order valence-corrected chi connectivity index (χ0v) is 29.9. The lowest BCUT2D eigenvalue weighted by Crippen LogP contribution is -2.41. The van der Waals surface area contributed by atoms with Crippen molar-refractivity contribution in [2.24, 2.45) is 5.92 Å². The summed E-state index contributed by atoms with van der Waals surface area (Å²) in [4.78, 5) is 41.5. The highest BCUT2D eigenvalue weighted by Crippen LogP contribution is 2.35. The Hall–Kier alpha value is -4.15. The van der Waals surface area contributed by atoms with E-state index in [9.17, 15) is 37.9 Å². The van der Waals surface area contributed by atoms with Gasteiger partial charge in [-0.15, -0.1) is 0 Å². The summed E-state index contributed by atoms with van der Waals surface area (Å²) in [5.41, 5.74) is 1.06. The Bertz CT molecular complexity index is 1830. The molecule has 1 saturated heterocycles. The second-order valence-electron chi connectivity index (χ2n) is 13.1. The van der Waals surface area contributed by atoms with Crippen LogP contribution in [0.4, 0.5) is 17.6 Å². The highest BCUT2D eigenvalue weighted by atomic mass is 32.1. The lowest BCUT2D eigenvalue weighted by molar-refractivity contribution is -0.139. The number of rotatable bonds is 13. The summed E-state index contributed by atoms with van der Waals surface area (Å²) in [6, 6.07) is 6.54. The van der Waals surface area contributed by atoms with E-state index in [-0.39, 0.29) is 48.9 Å². The second-order valence-corrected chi connectivity index (χ2v) is 13.1. The zero-order chi connectivity index (χ0) is 36.2. The van der Waals surface area contributed by atoms with E-state index < -0.39 is 53.5 Å². The topological polar surface area (TPSA) is 115 Å². The van der Waals surface area contributed by atoms with Gasteiger partial charge in [0.1, 0.15) is 11.9 Å². The normalized spacial score (nSPS) is 14.9. The number of halogens is 4. The Balaban J connectivity index is 0.00000676. The molecule has 3 atom stereocenters. The van der Waals surface area contributed by atoms with Crippen LogP contribution in [0.15, 0.2) is 41.3 Å². The number of pyridine rings is 1. The Morgan fingerprint density at radius 3 is 2.30 bits per heavy atom. The molecule has 2 N–H and O–H groups in total. The monoisotopic (exact) mass is 716 g/mol. The fourth-order valence-corrected chi connectivity index (χ4v) is 6.21. The van der Waals surface area contributed by atoms with Crippen molar-refractivity contribution in [3.63, 3.8) is 0 Å². The van der Waals surface area contributed by atoms with Crippen molar-refractivity contribution >= 4 is 25.4 Å². The molecule has 0 spiro atoms. The highest BCUT2D eigenvalue weighted by molar-refractivity contribution is 7.59. The number of nitriles is 1. The van der Waals surface area contributed by atoms with Gasteiger partial charge in [0.25, 0.3) is 5.56 Å². The van der Waals surface area contributed by atoms with Crippen LogP contribution in [0.5, 0.6) is 0 Å². The number of carbonyl (C=O) groups is 2. The summed E-state index contributed by atoms with van der Waals surface area (Å²) < 4.78 is 59.0. The van der Waals surface area contributed by atoms with E-state index in [2.05, 4.69) is 11.4 Å². The summed E-state index contributed by atoms with van der Waals surface area (Å²) in [7, 11) is 0. The quantitative estimate of drug-likeness (QED) is 0.182. The molecule has 1 aromatic heterocycles. The van der Waals surface area contributed by atoms with Gasteiger partial charge in [-0.25, -0.2) is 4.39 Å². The maximum atomic E-state index is 15.8. The van der Waals surface area contributed by atoms with Crippen molar-refractivity contribution in [1.29, 1.82) is 5.26 Å². The van der Waals surface area contributed by atoms with Crippen LogP contribution in [-0.4, -0.2) is 46.1 Å². The van der Waals surface area contributed by atoms with E-state index in [1.807, 2.05) is 18.7 Å². The number of aromatic nitrogens is 1. The predicted octanol–water partition coefficient (Wildman–Crippen LogP) is 7.14. The number of aryl methyl sites for hydroxylation is 3. The minimum Gasteiger partial charge on any atom is -0.481 e. The van der Waals surface area contributed by atoms with Crippen LogP contribution in [-0.2, 0) is 22.2 Å². The smallest absolute Gasteiger partial charge is 0.416 e. The predicted molar refractivity (Wildman–Crippen MR) is 188 cm³/mol. The Morgan fingerprint density at radius 1 is 1.06 bits per heavy atom. The van der Waals surface area contributed by atoms with Gasteiger partial charge in [0, 0.05) is 24.4 Å². The molecule has 2 heterocycles. The average Bonchev–Trinajstić information content (AvgIpc) is 3.00. The molecule has 1 aliphatic rings. The van der Waals surface area contributed by atoms with Crippen molar-refractivity contribution in [2.45, 2.75) is 85.0 Å². The Labute approximate surface area is 296 Å². The Kier molecular flexibility index (Phi) is 13.5. The molecular weight excluding hydrogens is 672 g/mol. The number of carboxylic acids is 1. The molecule has 2 aromatic carbocycles. The first-order chi connectivity index (χ1) is 23.0.